The van der Waals surface area contributed by atoms with Gasteiger partial charge in [-0.05, 0) is 31.0 Å². The van der Waals surface area contributed by atoms with Crippen LogP contribution < -0.4 is 10.2 Å². The molecule has 1 aromatic carbocycles. The number of ether oxygens (including phenoxy) is 1. The van der Waals surface area contributed by atoms with Crippen molar-refractivity contribution in [2.45, 2.75) is 26.7 Å². The van der Waals surface area contributed by atoms with E-state index in [1.807, 2.05) is 32.0 Å². The molecule has 0 atom stereocenters. The molecule has 0 unspecified atom stereocenters. The Hall–Kier alpha value is -2.29. The molecule has 2 aromatic heterocycles. The Labute approximate surface area is 190 Å². The van der Waals surface area contributed by atoms with Gasteiger partial charge in [-0.1, -0.05) is 34.1 Å². The van der Waals surface area contributed by atoms with E-state index in [1.54, 1.807) is 15.6 Å². The summed E-state index contributed by atoms with van der Waals surface area (Å²) in [4.78, 5) is 19.1. The molecule has 4 rings (SSSR count). The zero-order valence-electron chi connectivity index (χ0n) is 18.1. The van der Waals surface area contributed by atoms with Crippen LogP contribution in [0.3, 0.4) is 0 Å². The smallest absolute Gasteiger partial charge is 0.256 e. The van der Waals surface area contributed by atoms with Gasteiger partial charge in [0.2, 0.25) is 0 Å². The molecule has 8 heteroatoms. The average molecular weight is 487 g/mol. The Morgan fingerprint density at radius 2 is 2.03 bits per heavy atom. The number of carbonyl (C=O) groups is 1. The van der Waals surface area contributed by atoms with E-state index in [9.17, 15) is 4.79 Å². The molecule has 31 heavy (non-hydrogen) atoms. The molecular weight excluding hydrogens is 458 g/mol. The first-order valence-corrected chi connectivity index (χ1v) is 11.6. The fourth-order valence-corrected chi connectivity index (χ4v) is 4.53. The van der Waals surface area contributed by atoms with E-state index in [0.29, 0.717) is 17.8 Å². The molecule has 0 spiro atoms. The van der Waals surface area contributed by atoms with E-state index >= 15 is 0 Å². The van der Waals surface area contributed by atoms with Gasteiger partial charge in [-0.25, -0.2) is 9.50 Å². The summed E-state index contributed by atoms with van der Waals surface area (Å²) in [6, 6.07) is 8.19. The van der Waals surface area contributed by atoms with Crippen molar-refractivity contribution < 1.29 is 14.4 Å². The average Bonchev–Trinajstić information content (AvgIpc) is 3.20. The molecule has 164 valence electrons. The van der Waals surface area contributed by atoms with Crippen LogP contribution in [0.1, 0.15) is 39.3 Å². The van der Waals surface area contributed by atoms with Gasteiger partial charge in [0.15, 0.2) is 5.65 Å². The number of halogens is 1. The fourth-order valence-electron chi connectivity index (χ4n) is 4.10. The maximum absolute atomic E-state index is 12.8. The van der Waals surface area contributed by atoms with Crippen LogP contribution in [0.4, 0.5) is 0 Å². The second-order valence-electron chi connectivity index (χ2n) is 8.04. The molecule has 0 bridgehead atoms. The number of morpholine rings is 1. The van der Waals surface area contributed by atoms with Crippen molar-refractivity contribution in [3.8, 4) is 0 Å². The summed E-state index contributed by atoms with van der Waals surface area (Å²) >= 11 is 3.63. The molecule has 1 aliphatic rings. The number of nitrogens with one attached hydrogen (secondary N) is 2. The summed E-state index contributed by atoms with van der Waals surface area (Å²) in [6.45, 7) is 9.49. The van der Waals surface area contributed by atoms with E-state index in [1.165, 1.54) is 5.56 Å². The molecule has 2 N–H and O–H groups in total. The standard InChI is InChI=1S/C23H28BrN5O2/c1-16-19(14-18-6-3-4-7-21(18)24)17(2)29-22(27-16)20(15-26-29)23(30)25-8-5-9-28-10-12-31-13-11-28/h3-4,6-7,15H,5,8-14H2,1-2H3,(H,25,30)/p+1. The van der Waals surface area contributed by atoms with Crippen LogP contribution in [-0.2, 0) is 11.2 Å². The van der Waals surface area contributed by atoms with Crippen molar-refractivity contribution in [3.63, 3.8) is 0 Å². The highest BCUT2D eigenvalue weighted by Crippen LogP contribution is 2.24. The number of rotatable bonds is 7. The Morgan fingerprint density at radius 3 is 2.81 bits per heavy atom. The maximum atomic E-state index is 12.8. The number of aromatic nitrogens is 3. The van der Waals surface area contributed by atoms with Gasteiger partial charge in [0.25, 0.3) is 5.91 Å². The first-order valence-electron chi connectivity index (χ1n) is 10.8. The monoisotopic (exact) mass is 486 g/mol. The zero-order valence-corrected chi connectivity index (χ0v) is 19.7. The van der Waals surface area contributed by atoms with E-state index < -0.39 is 0 Å². The minimum atomic E-state index is -0.114. The molecule has 1 saturated heterocycles. The predicted octanol–water partition coefficient (Wildman–Crippen LogP) is 1.73. The molecule has 0 saturated carbocycles. The highest BCUT2D eigenvalue weighted by molar-refractivity contribution is 9.10. The number of hydrogen-bond acceptors (Lipinski definition) is 4. The lowest BCUT2D eigenvalue weighted by atomic mass is 10.0. The van der Waals surface area contributed by atoms with Crippen LogP contribution in [-0.4, -0.2) is 59.9 Å². The van der Waals surface area contributed by atoms with Gasteiger partial charge < -0.3 is 15.0 Å². The number of benzene rings is 1. The lowest BCUT2D eigenvalue weighted by molar-refractivity contribution is -0.908. The lowest BCUT2D eigenvalue weighted by Gasteiger charge is -2.23. The van der Waals surface area contributed by atoms with Crippen LogP contribution >= 0.6 is 15.9 Å². The van der Waals surface area contributed by atoms with E-state index in [4.69, 9.17) is 9.72 Å². The summed E-state index contributed by atoms with van der Waals surface area (Å²) < 4.78 is 8.25. The molecule has 3 heterocycles. The van der Waals surface area contributed by atoms with Crippen molar-refractivity contribution >= 4 is 27.5 Å². The van der Waals surface area contributed by atoms with E-state index in [0.717, 1.165) is 67.1 Å². The van der Waals surface area contributed by atoms with Crippen molar-refractivity contribution in [2.75, 3.05) is 39.4 Å². The second-order valence-corrected chi connectivity index (χ2v) is 8.90. The van der Waals surface area contributed by atoms with Gasteiger partial charge >= 0.3 is 0 Å². The third-order valence-electron chi connectivity index (χ3n) is 5.97. The van der Waals surface area contributed by atoms with Crippen molar-refractivity contribution in [3.05, 3.63) is 63.0 Å². The topological polar surface area (TPSA) is 73.0 Å². The van der Waals surface area contributed by atoms with E-state index in [2.05, 4.69) is 32.4 Å². The van der Waals surface area contributed by atoms with Crippen LogP contribution in [0.5, 0.6) is 0 Å². The molecule has 0 aliphatic carbocycles. The van der Waals surface area contributed by atoms with Crippen LogP contribution in [0.2, 0.25) is 0 Å². The van der Waals surface area contributed by atoms with Crippen molar-refractivity contribution in [1.82, 2.24) is 19.9 Å². The molecule has 1 amide bonds. The third-order valence-corrected chi connectivity index (χ3v) is 6.74. The third kappa shape index (κ3) is 4.97. The number of hydrogen-bond donors (Lipinski definition) is 2. The SMILES string of the molecule is Cc1nc2c(C(=O)NCCC[NH+]3CCOCC3)cnn2c(C)c1Cc1ccccc1Br. The second kappa shape index (κ2) is 9.89. The van der Waals surface area contributed by atoms with Crippen molar-refractivity contribution in [2.24, 2.45) is 0 Å². The summed E-state index contributed by atoms with van der Waals surface area (Å²) in [5.41, 5.74) is 5.39. The minimum Gasteiger partial charge on any atom is -0.370 e. The molecule has 1 fully saturated rings. The Balaban J connectivity index is 1.45. The fraction of sp³-hybridized carbons (Fsp3) is 0.435. The van der Waals surface area contributed by atoms with Gasteiger partial charge in [-0.15, -0.1) is 0 Å². The quantitative estimate of drug-likeness (QED) is 0.498. The van der Waals surface area contributed by atoms with Gasteiger partial charge in [-0.2, -0.15) is 5.10 Å². The molecular formula is C23H29BrN5O2+. The summed E-state index contributed by atoms with van der Waals surface area (Å²) in [6.07, 6.45) is 3.33. The summed E-state index contributed by atoms with van der Waals surface area (Å²) in [5.74, 6) is -0.114. The first kappa shape index (κ1) is 21.9. The van der Waals surface area contributed by atoms with E-state index in [-0.39, 0.29) is 5.91 Å². The van der Waals surface area contributed by atoms with Gasteiger partial charge in [0, 0.05) is 35.2 Å². The van der Waals surface area contributed by atoms with Crippen molar-refractivity contribution in [1.29, 1.82) is 0 Å². The van der Waals surface area contributed by atoms with Crippen LogP contribution in [0, 0.1) is 13.8 Å². The zero-order chi connectivity index (χ0) is 21.8. The van der Waals surface area contributed by atoms with Crippen LogP contribution in [0.25, 0.3) is 5.65 Å². The highest BCUT2D eigenvalue weighted by atomic mass is 79.9. The summed E-state index contributed by atoms with van der Waals surface area (Å²) in [5, 5.41) is 7.50. The Bertz CT molecular complexity index is 1080. The minimum absolute atomic E-state index is 0.114. The Kier molecular flexibility index (Phi) is 6.99. The number of amides is 1. The first-order chi connectivity index (χ1) is 15.0. The van der Waals surface area contributed by atoms with Gasteiger partial charge in [0.05, 0.1) is 26.0 Å². The van der Waals surface area contributed by atoms with Crippen LogP contribution in [0.15, 0.2) is 34.9 Å². The highest BCUT2D eigenvalue weighted by Gasteiger charge is 2.19. The predicted molar refractivity (Wildman–Crippen MR) is 123 cm³/mol. The largest absolute Gasteiger partial charge is 0.370 e. The number of fused-ring (bicyclic) bond motifs is 1. The lowest BCUT2D eigenvalue weighted by Crippen LogP contribution is -3.14. The molecule has 0 radical (unpaired) electrons. The van der Waals surface area contributed by atoms with Gasteiger partial charge in [0.1, 0.15) is 18.7 Å². The Morgan fingerprint density at radius 1 is 1.26 bits per heavy atom. The number of aryl methyl sites for hydroxylation is 2. The van der Waals surface area contributed by atoms with Gasteiger partial charge in [-0.3, -0.25) is 4.79 Å². The number of nitrogens with zero attached hydrogens (tertiary/aromatic N) is 3. The molecule has 3 aromatic rings. The number of carbonyl (C=O) groups excluding carboxylic acids is 1. The number of quaternary nitrogens is 1. The normalized spacial score (nSPS) is 14.8. The summed E-state index contributed by atoms with van der Waals surface area (Å²) in [7, 11) is 0. The molecule has 7 nitrogen and oxygen atoms in total. The molecule has 1 aliphatic heterocycles. The maximum Gasteiger partial charge on any atom is 0.256 e.